The average molecular weight is 1050 g/mol. The molecule has 1 unspecified atom stereocenters. The molecule has 6 nitrogen and oxygen atoms in total. The van der Waals surface area contributed by atoms with Gasteiger partial charge in [-0.25, -0.2) is 0 Å². The van der Waals surface area contributed by atoms with E-state index in [1.807, 2.05) is 0 Å². The minimum absolute atomic E-state index is 0.111. The highest BCUT2D eigenvalue weighted by molar-refractivity contribution is 5.71. The minimum Gasteiger partial charge on any atom is -0.462 e. The molecule has 1 atom stereocenters. The highest BCUT2D eigenvalue weighted by Crippen LogP contribution is 2.16. The zero-order valence-corrected chi connectivity index (χ0v) is 49.2. The molecule has 0 fully saturated rings. The van der Waals surface area contributed by atoms with Crippen LogP contribution in [0.2, 0.25) is 0 Å². The third kappa shape index (κ3) is 60.4. The monoisotopic (exact) mass is 1050 g/mol. The van der Waals surface area contributed by atoms with E-state index in [0.717, 1.165) is 128 Å². The van der Waals surface area contributed by atoms with Crippen molar-refractivity contribution in [2.75, 3.05) is 13.2 Å². The van der Waals surface area contributed by atoms with Crippen molar-refractivity contribution in [2.45, 2.75) is 277 Å². The van der Waals surface area contributed by atoms with Gasteiger partial charge in [0, 0.05) is 19.3 Å². The second-order valence-corrected chi connectivity index (χ2v) is 20.2. The van der Waals surface area contributed by atoms with Crippen molar-refractivity contribution in [3.8, 4) is 0 Å². The number of unbranched alkanes of at least 4 members (excludes halogenated alkanes) is 22. The normalized spacial score (nSPS) is 13.0. The number of hydrogen-bond donors (Lipinski definition) is 0. The number of ether oxygens (including phenoxy) is 3. The van der Waals surface area contributed by atoms with Crippen molar-refractivity contribution in [1.82, 2.24) is 0 Å². The number of rotatable bonds is 55. The fraction of sp³-hybridized carbons (Fsp3) is 0.643. The summed E-state index contributed by atoms with van der Waals surface area (Å²) >= 11 is 0. The van der Waals surface area contributed by atoms with Gasteiger partial charge in [-0.3, -0.25) is 14.4 Å². The van der Waals surface area contributed by atoms with E-state index >= 15 is 0 Å². The molecule has 0 aromatic carbocycles. The molecule has 76 heavy (non-hydrogen) atoms. The van der Waals surface area contributed by atoms with Gasteiger partial charge in [0.05, 0.1) is 0 Å². The molecular formula is C70H114O6. The van der Waals surface area contributed by atoms with E-state index in [1.54, 1.807) is 0 Å². The van der Waals surface area contributed by atoms with Crippen LogP contribution in [0.4, 0.5) is 0 Å². The zero-order chi connectivity index (χ0) is 55.0. The SMILES string of the molecule is CC/C=C\C/C=C\C/C=C\C/C=C\C/C=C\C/C=C\C/C=C\CCCCCC(=O)OCC(COC(=O)CCCC/C=C\C/C=C\C/C=C\C/C=C\CC)OC(=O)CCCCCCCCCCCCCCCCCCCC. The molecule has 0 spiro atoms. The molecule has 0 aromatic heterocycles. The summed E-state index contributed by atoms with van der Waals surface area (Å²) in [4.78, 5) is 38.3. The van der Waals surface area contributed by atoms with Crippen molar-refractivity contribution in [2.24, 2.45) is 0 Å². The maximum Gasteiger partial charge on any atom is 0.306 e. The van der Waals surface area contributed by atoms with Gasteiger partial charge in [-0.2, -0.15) is 0 Å². The van der Waals surface area contributed by atoms with E-state index in [9.17, 15) is 14.4 Å². The standard InChI is InChI=1S/C70H114O6/c1-4-7-10-13-16-19-22-25-28-30-32-33-34-35-36-37-38-40-42-45-48-51-54-57-60-63-69(72)75-66-67(65-74-68(71)62-59-56-53-50-47-44-41-27-24-21-18-15-12-9-6-3)76-70(73)64-61-58-55-52-49-46-43-39-31-29-26-23-20-17-14-11-8-5-2/h7,9-10,12,16,18-19,21,25,27-28,32-33,35-36,38,40-41,45,47-48,50,67H,4-6,8,11,13-15,17,20,22-24,26,29-31,34,37,39,42-44,46,49,51-66H2,1-3H3/b10-7-,12-9-,19-16-,21-18-,28-25-,33-32-,36-35-,40-38-,41-27-,48-45-,50-47-. The quantitative estimate of drug-likeness (QED) is 0.0261. The predicted molar refractivity (Wildman–Crippen MR) is 329 cm³/mol. The fourth-order valence-electron chi connectivity index (χ4n) is 8.30. The maximum atomic E-state index is 12.9. The second kappa shape index (κ2) is 63.1. The summed E-state index contributed by atoms with van der Waals surface area (Å²) in [5.74, 6) is -0.979. The Morgan fingerprint density at radius 3 is 0.829 bits per heavy atom. The number of allylic oxidation sites excluding steroid dienone is 22. The van der Waals surface area contributed by atoms with E-state index in [-0.39, 0.29) is 31.1 Å². The van der Waals surface area contributed by atoms with Gasteiger partial charge in [-0.15, -0.1) is 0 Å². The molecule has 0 aliphatic heterocycles. The van der Waals surface area contributed by atoms with E-state index in [1.165, 1.54) is 96.3 Å². The summed E-state index contributed by atoms with van der Waals surface area (Å²) in [5.41, 5.74) is 0. The van der Waals surface area contributed by atoms with Gasteiger partial charge in [0.15, 0.2) is 6.10 Å². The predicted octanol–water partition coefficient (Wildman–Crippen LogP) is 21.4. The van der Waals surface area contributed by atoms with Crippen molar-refractivity contribution >= 4 is 17.9 Å². The van der Waals surface area contributed by atoms with Crippen molar-refractivity contribution in [3.05, 3.63) is 134 Å². The molecule has 0 rings (SSSR count). The lowest BCUT2D eigenvalue weighted by Gasteiger charge is -2.18. The van der Waals surface area contributed by atoms with Crippen LogP contribution in [0.5, 0.6) is 0 Å². The maximum absolute atomic E-state index is 12.9. The molecular weight excluding hydrogens is 937 g/mol. The van der Waals surface area contributed by atoms with E-state index in [2.05, 4.69) is 154 Å². The van der Waals surface area contributed by atoms with E-state index < -0.39 is 6.10 Å². The first kappa shape index (κ1) is 71.5. The van der Waals surface area contributed by atoms with Crippen molar-refractivity contribution < 1.29 is 28.6 Å². The lowest BCUT2D eigenvalue weighted by molar-refractivity contribution is -0.167. The lowest BCUT2D eigenvalue weighted by Crippen LogP contribution is -2.30. The molecule has 430 valence electrons. The third-order valence-corrected chi connectivity index (χ3v) is 12.9. The number of carbonyl (C=O) groups excluding carboxylic acids is 3. The summed E-state index contributed by atoms with van der Waals surface area (Å²) < 4.78 is 16.9. The molecule has 0 saturated carbocycles. The zero-order valence-electron chi connectivity index (χ0n) is 49.2. The van der Waals surface area contributed by atoms with Crippen LogP contribution in [0.15, 0.2) is 134 Å². The van der Waals surface area contributed by atoms with Crippen LogP contribution in [0, 0.1) is 0 Å². The Labute approximate surface area is 468 Å². The van der Waals surface area contributed by atoms with Crippen LogP contribution in [0.1, 0.15) is 271 Å². The molecule has 0 aliphatic rings. The smallest absolute Gasteiger partial charge is 0.306 e. The van der Waals surface area contributed by atoms with Crippen molar-refractivity contribution in [1.29, 1.82) is 0 Å². The Hall–Kier alpha value is -4.45. The Balaban J connectivity index is 4.48. The van der Waals surface area contributed by atoms with Gasteiger partial charge >= 0.3 is 17.9 Å². The van der Waals surface area contributed by atoms with Gasteiger partial charge in [-0.1, -0.05) is 270 Å². The largest absolute Gasteiger partial charge is 0.462 e. The Morgan fingerprint density at radius 1 is 0.276 bits per heavy atom. The summed E-state index contributed by atoms with van der Waals surface area (Å²) in [5, 5.41) is 0. The summed E-state index contributed by atoms with van der Waals surface area (Å²) in [6.07, 6.45) is 88.8. The van der Waals surface area contributed by atoms with Crippen LogP contribution in [-0.2, 0) is 28.6 Å². The van der Waals surface area contributed by atoms with Gasteiger partial charge in [0.2, 0.25) is 0 Å². The second-order valence-electron chi connectivity index (χ2n) is 20.2. The lowest BCUT2D eigenvalue weighted by atomic mass is 10.0. The third-order valence-electron chi connectivity index (χ3n) is 12.9. The molecule has 0 radical (unpaired) electrons. The molecule has 0 amide bonds. The van der Waals surface area contributed by atoms with E-state index in [4.69, 9.17) is 14.2 Å². The summed E-state index contributed by atoms with van der Waals surface area (Å²) in [6.45, 7) is 6.36. The molecule has 6 heteroatoms. The topological polar surface area (TPSA) is 78.9 Å². The van der Waals surface area contributed by atoms with Crippen LogP contribution >= 0.6 is 0 Å². The first-order chi connectivity index (χ1) is 37.5. The number of carbonyl (C=O) groups is 3. The molecule has 0 N–H and O–H groups in total. The summed E-state index contributed by atoms with van der Waals surface area (Å²) in [7, 11) is 0. The van der Waals surface area contributed by atoms with Crippen LogP contribution in [0.25, 0.3) is 0 Å². The first-order valence-corrected chi connectivity index (χ1v) is 31.2. The molecule has 0 aromatic rings. The molecule has 0 bridgehead atoms. The molecule has 0 aliphatic carbocycles. The van der Waals surface area contributed by atoms with Crippen molar-refractivity contribution in [3.63, 3.8) is 0 Å². The van der Waals surface area contributed by atoms with Crippen LogP contribution in [0.3, 0.4) is 0 Å². The van der Waals surface area contributed by atoms with Gasteiger partial charge in [0.25, 0.3) is 0 Å². The first-order valence-electron chi connectivity index (χ1n) is 31.2. The summed E-state index contributed by atoms with van der Waals surface area (Å²) in [6, 6.07) is 0. The fourth-order valence-corrected chi connectivity index (χ4v) is 8.30. The Bertz CT molecular complexity index is 1630. The highest BCUT2D eigenvalue weighted by atomic mass is 16.6. The molecule has 0 heterocycles. The van der Waals surface area contributed by atoms with Crippen LogP contribution < -0.4 is 0 Å². The van der Waals surface area contributed by atoms with Gasteiger partial charge in [-0.05, 0) is 116 Å². The Kier molecular flexibility index (Phi) is 59.4. The highest BCUT2D eigenvalue weighted by Gasteiger charge is 2.19. The average Bonchev–Trinajstić information content (AvgIpc) is 3.42. The number of hydrogen-bond acceptors (Lipinski definition) is 6. The molecule has 0 saturated heterocycles. The Morgan fingerprint density at radius 2 is 0.513 bits per heavy atom. The van der Waals surface area contributed by atoms with Gasteiger partial charge in [0.1, 0.15) is 13.2 Å². The van der Waals surface area contributed by atoms with Crippen LogP contribution in [-0.4, -0.2) is 37.2 Å². The van der Waals surface area contributed by atoms with Gasteiger partial charge < -0.3 is 14.2 Å². The minimum atomic E-state index is -0.813. The van der Waals surface area contributed by atoms with E-state index in [0.29, 0.717) is 25.7 Å². The number of esters is 3.